The van der Waals surface area contributed by atoms with Crippen LogP contribution in [0.15, 0.2) is 60.7 Å². The summed E-state index contributed by atoms with van der Waals surface area (Å²) < 4.78 is 7.66. The first kappa shape index (κ1) is 21.2. The lowest BCUT2D eigenvalue weighted by molar-refractivity contribution is -0.122. The number of hydrogen-bond donors (Lipinski definition) is 1. The van der Waals surface area contributed by atoms with Crippen molar-refractivity contribution in [1.82, 2.24) is 14.8 Å². The number of nitrogens with zero attached hydrogens (tertiary/aromatic N) is 3. The lowest BCUT2D eigenvalue weighted by Gasteiger charge is -2.15. The number of Topliss-reactive ketones (excluding diaryl/α,β-unsaturated/α-hetero) is 1. The van der Waals surface area contributed by atoms with Gasteiger partial charge in [-0.3, -0.25) is 9.59 Å². The van der Waals surface area contributed by atoms with E-state index >= 15 is 0 Å². The van der Waals surface area contributed by atoms with Crippen LogP contribution in [0.4, 0.5) is 5.69 Å². The van der Waals surface area contributed by atoms with Gasteiger partial charge in [-0.1, -0.05) is 30.3 Å². The summed E-state index contributed by atoms with van der Waals surface area (Å²) in [6, 6.07) is 18.4. The Balaban J connectivity index is 1.59. The molecule has 4 rings (SSSR count). The number of anilines is 1. The maximum atomic E-state index is 12.7. The number of para-hydroxylation sites is 1. The fourth-order valence-electron chi connectivity index (χ4n) is 3.58. The number of benzene rings is 2. The molecular formula is C25H24N4O3. The van der Waals surface area contributed by atoms with E-state index in [4.69, 9.17) is 4.74 Å². The van der Waals surface area contributed by atoms with Crippen LogP contribution in [0.5, 0.6) is 5.88 Å². The molecule has 2 aromatic heterocycles. The fourth-order valence-corrected chi connectivity index (χ4v) is 3.58. The summed E-state index contributed by atoms with van der Waals surface area (Å²) in [5, 5.41) is 8.39. The Morgan fingerprint density at radius 1 is 1.03 bits per heavy atom. The number of aryl methyl sites for hydroxylation is 2. The summed E-state index contributed by atoms with van der Waals surface area (Å²) in [6.07, 6.45) is -0.797. The van der Waals surface area contributed by atoms with Crippen LogP contribution in [0.25, 0.3) is 16.7 Å². The number of amides is 1. The van der Waals surface area contributed by atoms with E-state index in [1.165, 1.54) is 6.92 Å². The first-order chi connectivity index (χ1) is 15.3. The molecule has 162 valence electrons. The van der Waals surface area contributed by atoms with E-state index in [-0.39, 0.29) is 11.7 Å². The number of pyridine rings is 1. The van der Waals surface area contributed by atoms with Gasteiger partial charge in [0, 0.05) is 22.7 Å². The summed E-state index contributed by atoms with van der Waals surface area (Å²) in [7, 11) is 0. The third-order valence-electron chi connectivity index (χ3n) is 5.19. The molecule has 32 heavy (non-hydrogen) atoms. The number of ether oxygens (including phenoxy) is 1. The molecule has 0 unspecified atom stereocenters. The summed E-state index contributed by atoms with van der Waals surface area (Å²) in [5.74, 6) is -0.0612. The zero-order valence-electron chi connectivity index (χ0n) is 18.4. The predicted molar refractivity (Wildman–Crippen MR) is 124 cm³/mol. The molecule has 0 radical (unpaired) electrons. The molecule has 7 nitrogen and oxygen atoms in total. The quantitative estimate of drug-likeness (QED) is 0.452. The van der Waals surface area contributed by atoms with Gasteiger partial charge in [-0.2, -0.15) is 10.1 Å². The number of rotatable bonds is 6. The summed E-state index contributed by atoms with van der Waals surface area (Å²) in [5.41, 5.74) is 4.47. The predicted octanol–water partition coefficient (Wildman–Crippen LogP) is 4.65. The Bertz CT molecular complexity index is 1310. The van der Waals surface area contributed by atoms with Gasteiger partial charge in [0.1, 0.15) is 0 Å². The van der Waals surface area contributed by atoms with Gasteiger partial charge in [0.2, 0.25) is 5.88 Å². The lowest BCUT2D eigenvalue weighted by Crippen LogP contribution is -2.30. The maximum Gasteiger partial charge on any atom is 0.265 e. The van der Waals surface area contributed by atoms with E-state index in [0.29, 0.717) is 22.8 Å². The average Bonchev–Trinajstić information content (AvgIpc) is 3.11. The zero-order valence-corrected chi connectivity index (χ0v) is 18.4. The van der Waals surface area contributed by atoms with Gasteiger partial charge >= 0.3 is 0 Å². The summed E-state index contributed by atoms with van der Waals surface area (Å²) >= 11 is 0. The van der Waals surface area contributed by atoms with E-state index in [1.807, 2.05) is 50.2 Å². The van der Waals surface area contributed by atoms with Crippen molar-refractivity contribution in [2.75, 3.05) is 5.32 Å². The largest absolute Gasteiger partial charge is 0.464 e. The molecule has 4 aromatic rings. The Hall–Kier alpha value is -4.00. The summed E-state index contributed by atoms with van der Waals surface area (Å²) in [4.78, 5) is 28.9. The molecule has 7 heteroatoms. The second-order valence-electron chi connectivity index (χ2n) is 7.70. The van der Waals surface area contributed by atoms with Gasteiger partial charge in [0.15, 0.2) is 17.5 Å². The van der Waals surface area contributed by atoms with Gasteiger partial charge in [0.05, 0.1) is 11.4 Å². The van der Waals surface area contributed by atoms with E-state index in [2.05, 4.69) is 15.4 Å². The fraction of sp³-hybridized carbons (Fsp3) is 0.200. The van der Waals surface area contributed by atoms with Crippen molar-refractivity contribution in [1.29, 1.82) is 0 Å². The van der Waals surface area contributed by atoms with Crippen molar-refractivity contribution < 1.29 is 14.3 Å². The minimum atomic E-state index is -0.797. The number of ketones is 1. The number of carbonyl (C=O) groups excluding carboxylic acids is 2. The van der Waals surface area contributed by atoms with E-state index < -0.39 is 6.10 Å². The molecular weight excluding hydrogens is 404 g/mol. The average molecular weight is 428 g/mol. The van der Waals surface area contributed by atoms with Crippen LogP contribution in [0.2, 0.25) is 0 Å². The highest BCUT2D eigenvalue weighted by Crippen LogP contribution is 2.27. The van der Waals surface area contributed by atoms with Crippen LogP contribution in [0.1, 0.15) is 35.5 Å². The Morgan fingerprint density at radius 3 is 2.50 bits per heavy atom. The molecule has 0 aliphatic carbocycles. The monoisotopic (exact) mass is 428 g/mol. The van der Waals surface area contributed by atoms with Gasteiger partial charge in [-0.05, 0) is 57.5 Å². The van der Waals surface area contributed by atoms with E-state index in [9.17, 15) is 9.59 Å². The third-order valence-corrected chi connectivity index (χ3v) is 5.19. The molecule has 0 aliphatic rings. The van der Waals surface area contributed by atoms with Crippen molar-refractivity contribution in [3.05, 3.63) is 77.5 Å². The van der Waals surface area contributed by atoms with Gasteiger partial charge < -0.3 is 10.1 Å². The van der Waals surface area contributed by atoms with E-state index in [1.54, 1.807) is 35.9 Å². The highest BCUT2D eigenvalue weighted by atomic mass is 16.5. The normalized spacial score (nSPS) is 11.9. The number of aromatic nitrogens is 3. The smallest absolute Gasteiger partial charge is 0.265 e. The summed E-state index contributed by atoms with van der Waals surface area (Å²) in [6.45, 7) is 7.06. The first-order valence-corrected chi connectivity index (χ1v) is 10.3. The third kappa shape index (κ3) is 4.23. The molecule has 1 amide bonds. The molecule has 0 saturated carbocycles. The van der Waals surface area contributed by atoms with Gasteiger partial charge in [0.25, 0.3) is 5.91 Å². The highest BCUT2D eigenvalue weighted by molar-refractivity contribution is 5.98. The van der Waals surface area contributed by atoms with Crippen LogP contribution in [-0.2, 0) is 4.79 Å². The zero-order chi connectivity index (χ0) is 22.8. The van der Waals surface area contributed by atoms with Gasteiger partial charge in [-0.15, -0.1) is 0 Å². The van der Waals surface area contributed by atoms with Crippen molar-refractivity contribution in [3.8, 4) is 11.6 Å². The minimum absolute atomic E-state index is 0.0660. The number of nitrogens with one attached hydrogen (secondary N) is 1. The number of carbonyl (C=O) groups is 2. The minimum Gasteiger partial charge on any atom is -0.464 e. The standard InChI is InChI=1S/C25H24N4O3/c1-15-13-22(27-24-23(15)16(2)28-29(24)21-11-6-5-7-12-21)32-18(4)25(31)26-20-10-8-9-19(14-20)17(3)30/h5-14,18H,1-4H3,(H,26,31)/t18-/m0/s1. The van der Waals surface area contributed by atoms with Crippen LogP contribution in [-0.4, -0.2) is 32.6 Å². The van der Waals surface area contributed by atoms with Crippen molar-refractivity contribution in [3.63, 3.8) is 0 Å². The topological polar surface area (TPSA) is 86.1 Å². The molecule has 2 aromatic carbocycles. The molecule has 0 saturated heterocycles. The van der Waals surface area contributed by atoms with Crippen LogP contribution in [0.3, 0.4) is 0 Å². The molecule has 2 heterocycles. The number of hydrogen-bond acceptors (Lipinski definition) is 5. The number of fused-ring (bicyclic) bond motifs is 1. The van der Waals surface area contributed by atoms with Crippen molar-refractivity contribution in [2.24, 2.45) is 0 Å². The van der Waals surface area contributed by atoms with Gasteiger partial charge in [-0.25, -0.2) is 4.68 Å². The molecule has 1 N–H and O–H groups in total. The molecule has 1 atom stereocenters. The van der Waals surface area contributed by atoms with Crippen LogP contribution in [0, 0.1) is 13.8 Å². The molecule has 0 bridgehead atoms. The van der Waals surface area contributed by atoms with Crippen LogP contribution >= 0.6 is 0 Å². The van der Waals surface area contributed by atoms with Crippen molar-refractivity contribution >= 4 is 28.4 Å². The first-order valence-electron chi connectivity index (χ1n) is 10.3. The Labute approximate surface area is 186 Å². The Morgan fingerprint density at radius 2 is 1.78 bits per heavy atom. The van der Waals surface area contributed by atoms with Crippen molar-refractivity contribution in [2.45, 2.75) is 33.8 Å². The second-order valence-corrected chi connectivity index (χ2v) is 7.70. The molecule has 0 spiro atoms. The lowest BCUT2D eigenvalue weighted by atomic mass is 10.1. The maximum absolute atomic E-state index is 12.7. The SMILES string of the molecule is CC(=O)c1cccc(NC(=O)[C@H](C)Oc2cc(C)c3c(C)nn(-c4ccccc4)c3n2)c1. The Kier molecular flexibility index (Phi) is 5.73. The van der Waals surface area contributed by atoms with Crippen LogP contribution < -0.4 is 10.1 Å². The van der Waals surface area contributed by atoms with E-state index in [0.717, 1.165) is 22.3 Å². The molecule has 0 aliphatic heterocycles. The molecule has 0 fully saturated rings. The highest BCUT2D eigenvalue weighted by Gasteiger charge is 2.19. The second kappa shape index (κ2) is 8.63.